The molecule has 0 N–H and O–H groups in total. The SMILES string of the molecule is CCCCC[N+](=Nc1ccc(OC)cc1)c1ccccc1. The first-order chi connectivity index (χ1) is 10.3. The Hall–Kier alpha value is -2.16. The van der Waals surface area contributed by atoms with Crippen molar-refractivity contribution in [2.75, 3.05) is 13.7 Å². The van der Waals surface area contributed by atoms with E-state index in [4.69, 9.17) is 9.85 Å². The van der Waals surface area contributed by atoms with Gasteiger partial charge in [0.05, 0.1) is 7.11 Å². The van der Waals surface area contributed by atoms with Gasteiger partial charge >= 0.3 is 0 Å². The zero-order valence-corrected chi connectivity index (χ0v) is 12.8. The number of unbranched alkanes of at least 4 members (excludes halogenated alkanes) is 2. The van der Waals surface area contributed by atoms with Gasteiger partial charge in [0.25, 0.3) is 0 Å². The number of nitrogens with zero attached hydrogens (tertiary/aromatic N) is 2. The van der Waals surface area contributed by atoms with Crippen LogP contribution in [-0.4, -0.2) is 18.4 Å². The second kappa shape index (κ2) is 8.20. The molecule has 110 valence electrons. The summed E-state index contributed by atoms with van der Waals surface area (Å²) in [5.74, 6) is 0.853. The summed E-state index contributed by atoms with van der Waals surface area (Å²) in [6.07, 6.45) is 3.58. The van der Waals surface area contributed by atoms with Gasteiger partial charge in [0, 0.05) is 18.6 Å². The molecule has 0 heterocycles. The Morgan fingerprint density at radius 2 is 1.67 bits per heavy atom. The van der Waals surface area contributed by atoms with Crippen molar-refractivity contribution < 1.29 is 9.43 Å². The molecule has 0 amide bonds. The standard InChI is InChI=1S/C18H23N2O/c1-3-4-8-15-20(17-9-6-5-7-10-17)19-16-11-13-18(21-2)14-12-16/h5-7,9-14H,3-4,8,15H2,1-2H3/q+1. The van der Waals surface area contributed by atoms with Crippen molar-refractivity contribution in [3.8, 4) is 5.75 Å². The minimum Gasteiger partial charge on any atom is -0.497 e. The Bertz CT molecular complexity index is 562. The van der Waals surface area contributed by atoms with E-state index in [1.807, 2.05) is 42.5 Å². The molecule has 0 spiro atoms. The maximum absolute atomic E-state index is 5.18. The maximum atomic E-state index is 5.18. The van der Waals surface area contributed by atoms with Gasteiger partial charge in [-0.1, -0.05) is 36.2 Å². The van der Waals surface area contributed by atoms with Crippen molar-refractivity contribution >= 4 is 11.4 Å². The lowest BCUT2D eigenvalue weighted by atomic mass is 10.2. The predicted molar refractivity (Wildman–Crippen MR) is 85.8 cm³/mol. The molecule has 0 aliphatic rings. The predicted octanol–water partition coefficient (Wildman–Crippen LogP) is 5.31. The van der Waals surface area contributed by atoms with Crippen LogP contribution in [0.25, 0.3) is 0 Å². The lowest BCUT2D eigenvalue weighted by Crippen LogP contribution is -2.04. The Balaban J connectivity index is 2.22. The van der Waals surface area contributed by atoms with Gasteiger partial charge in [-0.15, -0.1) is 0 Å². The highest BCUT2D eigenvalue weighted by molar-refractivity contribution is 5.40. The number of methoxy groups -OCH3 is 1. The number of rotatable bonds is 7. The minimum atomic E-state index is 0.853. The Morgan fingerprint density at radius 1 is 0.952 bits per heavy atom. The number of ether oxygens (including phenoxy) is 1. The van der Waals surface area contributed by atoms with Crippen LogP contribution in [0.15, 0.2) is 59.7 Å². The van der Waals surface area contributed by atoms with E-state index in [1.54, 1.807) is 7.11 Å². The molecule has 21 heavy (non-hydrogen) atoms. The molecule has 0 radical (unpaired) electrons. The first-order valence-corrected chi connectivity index (χ1v) is 7.51. The minimum absolute atomic E-state index is 0.853. The van der Waals surface area contributed by atoms with Crippen LogP contribution < -0.4 is 4.74 Å². The van der Waals surface area contributed by atoms with E-state index in [2.05, 4.69) is 23.8 Å². The molecule has 0 aliphatic carbocycles. The highest BCUT2D eigenvalue weighted by atomic mass is 16.5. The van der Waals surface area contributed by atoms with Crippen molar-refractivity contribution in [2.45, 2.75) is 26.2 Å². The van der Waals surface area contributed by atoms with Crippen molar-refractivity contribution in [3.05, 3.63) is 54.6 Å². The van der Waals surface area contributed by atoms with E-state index in [-0.39, 0.29) is 0 Å². The van der Waals surface area contributed by atoms with Crippen LogP contribution in [-0.2, 0) is 0 Å². The molecular formula is C18H23N2O+. The van der Waals surface area contributed by atoms with Crippen LogP contribution in [0.4, 0.5) is 11.4 Å². The van der Waals surface area contributed by atoms with Crippen molar-refractivity contribution in [1.82, 2.24) is 0 Å². The van der Waals surface area contributed by atoms with Crippen LogP contribution in [0.1, 0.15) is 26.2 Å². The lowest BCUT2D eigenvalue weighted by Gasteiger charge is -2.01. The van der Waals surface area contributed by atoms with Gasteiger partial charge in [-0.2, -0.15) is 0 Å². The summed E-state index contributed by atoms with van der Waals surface area (Å²) < 4.78 is 7.26. The van der Waals surface area contributed by atoms with E-state index >= 15 is 0 Å². The molecule has 0 saturated heterocycles. The Morgan fingerprint density at radius 3 is 2.29 bits per heavy atom. The third kappa shape index (κ3) is 4.71. The number of hydrogen-bond donors (Lipinski definition) is 0. The highest BCUT2D eigenvalue weighted by Crippen LogP contribution is 2.21. The first-order valence-electron chi connectivity index (χ1n) is 7.51. The summed E-state index contributed by atoms with van der Waals surface area (Å²) >= 11 is 0. The van der Waals surface area contributed by atoms with Gasteiger partial charge < -0.3 is 4.74 Å². The third-order valence-electron chi connectivity index (χ3n) is 3.34. The maximum Gasteiger partial charge on any atom is 0.232 e. The number of hydrogen-bond acceptors (Lipinski definition) is 2. The van der Waals surface area contributed by atoms with Crippen LogP contribution in [0.5, 0.6) is 5.75 Å². The van der Waals surface area contributed by atoms with Crippen molar-refractivity contribution in [3.63, 3.8) is 0 Å². The van der Waals surface area contributed by atoms with E-state index in [0.29, 0.717) is 0 Å². The first kappa shape index (κ1) is 15.2. The van der Waals surface area contributed by atoms with Crippen LogP contribution >= 0.6 is 0 Å². The average molecular weight is 283 g/mol. The number of azo groups is 2. The van der Waals surface area contributed by atoms with Gasteiger partial charge in [0.2, 0.25) is 5.69 Å². The van der Waals surface area contributed by atoms with Crippen LogP contribution in [0.2, 0.25) is 0 Å². The fourth-order valence-electron chi connectivity index (χ4n) is 2.14. The molecule has 3 heteroatoms. The summed E-state index contributed by atoms with van der Waals surface area (Å²) in [6, 6.07) is 18.2. The molecule has 2 rings (SSSR count). The quantitative estimate of drug-likeness (QED) is 0.384. The molecule has 0 fully saturated rings. The molecule has 0 bridgehead atoms. The highest BCUT2D eigenvalue weighted by Gasteiger charge is 2.11. The van der Waals surface area contributed by atoms with Crippen molar-refractivity contribution in [2.24, 2.45) is 5.11 Å². The molecule has 0 aromatic heterocycles. The van der Waals surface area contributed by atoms with E-state index in [0.717, 1.165) is 30.1 Å². The van der Waals surface area contributed by atoms with Crippen LogP contribution in [0.3, 0.4) is 0 Å². The van der Waals surface area contributed by atoms with Crippen LogP contribution in [0, 0.1) is 0 Å². The Kier molecular flexibility index (Phi) is 5.95. The fourth-order valence-corrected chi connectivity index (χ4v) is 2.14. The second-order valence-electron chi connectivity index (χ2n) is 4.96. The second-order valence-corrected chi connectivity index (χ2v) is 4.96. The molecule has 0 atom stereocenters. The molecule has 3 nitrogen and oxygen atoms in total. The molecule has 0 saturated carbocycles. The normalized spacial score (nSPS) is 11.4. The number of para-hydroxylation sites is 1. The van der Waals surface area contributed by atoms with Gasteiger partial charge in [0.1, 0.15) is 11.4 Å². The smallest absolute Gasteiger partial charge is 0.232 e. The summed E-state index contributed by atoms with van der Waals surface area (Å²) in [7, 11) is 1.67. The van der Waals surface area contributed by atoms with E-state index < -0.39 is 0 Å². The van der Waals surface area contributed by atoms with Gasteiger partial charge in [0.15, 0.2) is 6.54 Å². The lowest BCUT2D eigenvalue weighted by molar-refractivity contribution is -0.509. The van der Waals surface area contributed by atoms with E-state index in [9.17, 15) is 0 Å². The molecule has 0 aliphatic heterocycles. The molecular weight excluding hydrogens is 260 g/mol. The fraction of sp³-hybridized carbons (Fsp3) is 0.333. The van der Waals surface area contributed by atoms with E-state index in [1.165, 1.54) is 12.8 Å². The van der Waals surface area contributed by atoms with Gasteiger partial charge in [-0.25, -0.2) is 0 Å². The summed E-state index contributed by atoms with van der Waals surface area (Å²) in [6.45, 7) is 3.15. The topological polar surface area (TPSA) is 24.6 Å². The number of benzene rings is 2. The van der Waals surface area contributed by atoms with Gasteiger partial charge in [-0.3, -0.25) is 0 Å². The summed E-state index contributed by atoms with van der Waals surface area (Å²) in [4.78, 5) is 0. The van der Waals surface area contributed by atoms with Gasteiger partial charge in [-0.05, 0) is 35.8 Å². The summed E-state index contributed by atoms with van der Waals surface area (Å²) in [5.41, 5.74) is 2.07. The van der Waals surface area contributed by atoms with Crippen molar-refractivity contribution in [1.29, 1.82) is 0 Å². The molecule has 2 aromatic carbocycles. The average Bonchev–Trinajstić information content (AvgIpc) is 2.55. The Labute approximate surface area is 126 Å². The molecule has 0 unspecified atom stereocenters. The largest absolute Gasteiger partial charge is 0.497 e. The zero-order chi connectivity index (χ0) is 14.9. The monoisotopic (exact) mass is 283 g/mol. The third-order valence-corrected chi connectivity index (χ3v) is 3.34. The zero-order valence-electron chi connectivity index (χ0n) is 12.8. The molecule has 2 aromatic rings. The summed E-state index contributed by atoms with van der Waals surface area (Å²) in [5, 5.41) is 4.75.